The quantitative estimate of drug-likeness (QED) is 0.583. The first kappa shape index (κ1) is 18.9. The Hall–Kier alpha value is -1.43. The number of rotatable bonds is 5. The van der Waals surface area contributed by atoms with Gasteiger partial charge in [-0.25, -0.2) is 0 Å². The average Bonchev–Trinajstić information content (AvgIpc) is 2.08. The molecule has 0 bridgehead atoms. The van der Waals surface area contributed by atoms with Gasteiger partial charge in [0.2, 0.25) is 0 Å². The van der Waals surface area contributed by atoms with Crippen LogP contribution in [-0.4, -0.2) is 41.6 Å². The first-order valence-corrected chi connectivity index (χ1v) is 5.53. The molecule has 0 heterocycles. The molecule has 1 N–H and O–H groups in total. The summed E-state index contributed by atoms with van der Waals surface area (Å²) in [7, 11) is 0. The zero-order valence-electron chi connectivity index (χ0n) is 11.6. The SMILES string of the molecule is CC(=O)CC(C)(C)O.CC(=O)OCCOC(C)=O. The number of Topliss-reactive ketones (excluding diaryl/α,β-unsaturated/α-hetero) is 1. The van der Waals surface area contributed by atoms with Gasteiger partial charge in [0.25, 0.3) is 0 Å². The Kier molecular flexibility index (Phi) is 10.1. The van der Waals surface area contributed by atoms with Gasteiger partial charge in [0.1, 0.15) is 19.0 Å². The topological polar surface area (TPSA) is 89.9 Å². The summed E-state index contributed by atoms with van der Waals surface area (Å²) in [6.07, 6.45) is 0.243. The Morgan fingerprint density at radius 2 is 1.28 bits per heavy atom. The molecule has 0 aliphatic carbocycles. The lowest BCUT2D eigenvalue weighted by atomic mass is 10.0. The molecule has 0 saturated carbocycles. The van der Waals surface area contributed by atoms with Crippen LogP contribution in [0.5, 0.6) is 0 Å². The summed E-state index contributed by atoms with van der Waals surface area (Å²) in [5.41, 5.74) is -0.828. The van der Waals surface area contributed by atoms with Gasteiger partial charge in [-0.15, -0.1) is 0 Å². The van der Waals surface area contributed by atoms with Crippen molar-refractivity contribution in [2.75, 3.05) is 13.2 Å². The average molecular weight is 262 g/mol. The van der Waals surface area contributed by atoms with Crippen molar-refractivity contribution in [3.63, 3.8) is 0 Å². The molecule has 6 nitrogen and oxygen atoms in total. The molecular weight excluding hydrogens is 240 g/mol. The van der Waals surface area contributed by atoms with Crippen molar-refractivity contribution in [1.82, 2.24) is 0 Å². The Morgan fingerprint density at radius 1 is 0.944 bits per heavy atom. The fourth-order valence-corrected chi connectivity index (χ4v) is 0.980. The van der Waals surface area contributed by atoms with E-state index in [1.54, 1.807) is 13.8 Å². The van der Waals surface area contributed by atoms with E-state index in [9.17, 15) is 14.4 Å². The molecule has 0 radical (unpaired) electrons. The van der Waals surface area contributed by atoms with Crippen LogP contribution in [0.1, 0.15) is 41.0 Å². The lowest BCUT2D eigenvalue weighted by Gasteiger charge is -2.13. The number of hydrogen-bond donors (Lipinski definition) is 1. The Bertz CT molecular complexity index is 261. The van der Waals surface area contributed by atoms with E-state index < -0.39 is 5.60 Å². The molecule has 0 aliphatic rings. The third-order valence-electron chi connectivity index (χ3n) is 1.38. The number of hydrogen-bond acceptors (Lipinski definition) is 6. The Balaban J connectivity index is 0. The third kappa shape index (κ3) is 24.0. The molecule has 6 heteroatoms. The minimum absolute atomic E-state index is 0.0255. The summed E-state index contributed by atoms with van der Waals surface area (Å²) in [6, 6.07) is 0. The molecule has 0 atom stereocenters. The molecule has 0 aliphatic heterocycles. The van der Waals surface area contributed by atoms with E-state index in [4.69, 9.17) is 5.11 Å². The number of carbonyl (C=O) groups is 3. The van der Waals surface area contributed by atoms with Crippen molar-refractivity contribution < 1.29 is 29.0 Å². The lowest BCUT2D eigenvalue weighted by Crippen LogP contribution is -2.21. The van der Waals surface area contributed by atoms with Gasteiger partial charge in [0, 0.05) is 20.3 Å². The maximum Gasteiger partial charge on any atom is 0.302 e. The molecule has 0 aromatic carbocycles. The summed E-state index contributed by atoms with van der Waals surface area (Å²) in [4.78, 5) is 30.6. The summed E-state index contributed by atoms with van der Waals surface area (Å²) in [5.74, 6) is -0.711. The highest BCUT2D eigenvalue weighted by molar-refractivity contribution is 5.76. The van der Waals surface area contributed by atoms with Gasteiger partial charge in [-0.1, -0.05) is 0 Å². The number of carbonyl (C=O) groups excluding carboxylic acids is 3. The van der Waals surface area contributed by atoms with Gasteiger partial charge in [-0.2, -0.15) is 0 Å². The molecule has 0 fully saturated rings. The summed E-state index contributed by atoms with van der Waals surface area (Å²) in [5, 5.41) is 8.97. The van der Waals surface area contributed by atoms with E-state index in [2.05, 4.69) is 9.47 Å². The summed E-state index contributed by atoms with van der Waals surface area (Å²) >= 11 is 0. The van der Waals surface area contributed by atoms with Crippen LogP contribution in [0.15, 0.2) is 0 Å². The fourth-order valence-electron chi connectivity index (χ4n) is 0.980. The third-order valence-corrected chi connectivity index (χ3v) is 1.38. The van der Waals surface area contributed by atoms with Gasteiger partial charge in [0.05, 0.1) is 5.60 Å². The number of aliphatic hydroxyl groups is 1. The molecule has 0 spiro atoms. The highest BCUT2D eigenvalue weighted by Gasteiger charge is 2.13. The van der Waals surface area contributed by atoms with Crippen LogP contribution in [0.3, 0.4) is 0 Å². The van der Waals surface area contributed by atoms with Gasteiger partial charge >= 0.3 is 11.9 Å². The van der Waals surface area contributed by atoms with E-state index in [1.165, 1.54) is 20.8 Å². The molecule has 106 valence electrons. The van der Waals surface area contributed by atoms with Gasteiger partial charge in [0.15, 0.2) is 0 Å². The van der Waals surface area contributed by atoms with Crippen LogP contribution in [0.2, 0.25) is 0 Å². The second-order valence-corrected chi connectivity index (χ2v) is 4.37. The number of esters is 2. The predicted octanol–water partition coefficient (Wildman–Crippen LogP) is 0.849. The standard InChI is InChI=1S/C6H10O4.C6H12O2/c1-5(7)9-3-4-10-6(2)8;1-5(7)4-6(2,3)8/h3-4H2,1-2H3;8H,4H2,1-3H3. The molecule has 0 aromatic rings. The molecule has 0 aromatic heterocycles. The van der Waals surface area contributed by atoms with Crippen molar-refractivity contribution in [3.8, 4) is 0 Å². The Labute approximate surface area is 107 Å². The predicted molar refractivity (Wildman–Crippen MR) is 64.9 cm³/mol. The first-order valence-electron chi connectivity index (χ1n) is 5.53. The molecule has 0 amide bonds. The van der Waals surface area contributed by atoms with Crippen molar-refractivity contribution >= 4 is 17.7 Å². The van der Waals surface area contributed by atoms with Crippen molar-refractivity contribution in [3.05, 3.63) is 0 Å². The largest absolute Gasteiger partial charge is 0.462 e. The van der Waals surface area contributed by atoms with Crippen molar-refractivity contribution in [1.29, 1.82) is 0 Å². The normalized spacial score (nSPS) is 9.89. The van der Waals surface area contributed by atoms with Gasteiger partial charge in [-0.05, 0) is 20.8 Å². The maximum absolute atomic E-state index is 10.3. The maximum atomic E-state index is 10.3. The zero-order valence-corrected chi connectivity index (χ0v) is 11.6. The van der Waals surface area contributed by atoms with Crippen LogP contribution < -0.4 is 0 Å². The van der Waals surface area contributed by atoms with E-state index in [1.807, 2.05) is 0 Å². The van der Waals surface area contributed by atoms with Crippen LogP contribution >= 0.6 is 0 Å². The Morgan fingerprint density at radius 3 is 1.39 bits per heavy atom. The summed E-state index contributed by atoms with van der Waals surface area (Å²) < 4.78 is 8.95. The second kappa shape index (κ2) is 9.58. The van der Waals surface area contributed by atoms with E-state index in [0.717, 1.165) is 0 Å². The molecule has 18 heavy (non-hydrogen) atoms. The fraction of sp³-hybridized carbons (Fsp3) is 0.750. The van der Waals surface area contributed by atoms with Crippen LogP contribution in [-0.2, 0) is 23.9 Å². The molecule has 0 rings (SSSR count). The van der Waals surface area contributed by atoms with Crippen molar-refractivity contribution in [2.45, 2.75) is 46.6 Å². The highest BCUT2D eigenvalue weighted by atomic mass is 16.6. The zero-order chi connectivity index (χ0) is 14.8. The monoisotopic (exact) mass is 262 g/mol. The minimum atomic E-state index is -0.828. The molecule has 0 unspecified atom stereocenters. The van der Waals surface area contributed by atoms with E-state index >= 15 is 0 Å². The molecular formula is C12H22O6. The first-order chi connectivity index (χ1) is 8.04. The second-order valence-electron chi connectivity index (χ2n) is 4.37. The van der Waals surface area contributed by atoms with E-state index in [-0.39, 0.29) is 37.4 Å². The lowest BCUT2D eigenvalue weighted by molar-refractivity contribution is -0.149. The van der Waals surface area contributed by atoms with Gasteiger partial charge in [-0.3, -0.25) is 14.4 Å². The van der Waals surface area contributed by atoms with Crippen LogP contribution in [0.25, 0.3) is 0 Å². The minimum Gasteiger partial charge on any atom is -0.462 e. The highest BCUT2D eigenvalue weighted by Crippen LogP contribution is 2.06. The number of ether oxygens (including phenoxy) is 2. The number of ketones is 1. The van der Waals surface area contributed by atoms with Crippen molar-refractivity contribution in [2.24, 2.45) is 0 Å². The molecule has 0 saturated heterocycles. The van der Waals surface area contributed by atoms with E-state index in [0.29, 0.717) is 0 Å². The van der Waals surface area contributed by atoms with Crippen LogP contribution in [0.4, 0.5) is 0 Å². The van der Waals surface area contributed by atoms with Gasteiger partial charge < -0.3 is 14.6 Å². The van der Waals surface area contributed by atoms with Crippen LogP contribution in [0, 0.1) is 0 Å². The summed E-state index contributed by atoms with van der Waals surface area (Å²) in [6.45, 7) is 7.58. The smallest absolute Gasteiger partial charge is 0.302 e.